The van der Waals surface area contributed by atoms with Crippen molar-refractivity contribution in [2.45, 2.75) is 19.9 Å². The number of carbonyl (C=O) groups is 1. The first-order chi connectivity index (χ1) is 10.7. The summed E-state index contributed by atoms with van der Waals surface area (Å²) in [5.41, 5.74) is 2.84. The highest BCUT2D eigenvalue weighted by molar-refractivity contribution is 6.31. The Morgan fingerprint density at radius 3 is 2.91 bits per heavy atom. The Kier molecular flexibility index (Phi) is 4.06. The lowest BCUT2D eigenvalue weighted by atomic mass is 10.2. The minimum atomic E-state index is -0.200. The Morgan fingerprint density at radius 1 is 1.27 bits per heavy atom. The Labute approximate surface area is 132 Å². The monoisotopic (exact) mass is 314 g/mol. The van der Waals surface area contributed by atoms with E-state index in [-0.39, 0.29) is 5.91 Å². The van der Waals surface area contributed by atoms with E-state index in [4.69, 9.17) is 11.6 Å². The molecule has 0 aliphatic carbocycles. The number of hydrogen-bond donors (Lipinski definition) is 1. The predicted molar refractivity (Wildman–Crippen MR) is 87.2 cm³/mol. The van der Waals surface area contributed by atoms with Crippen molar-refractivity contribution in [2.75, 3.05) is 5.32 Å². The van der Waals surface area contributed by atoms with Crippen LogP contribution in [0.3, 0.4) is 0 Å². The summed E-state index contributed by atoms with van der Waals surface area (Å²) in [6.07, 6.45) is 0.982. The summed E-state index contributed by atoms with van der Waals surface area (Å²) in [5.74, 6) is -0.200. The number of aryl methyl sites for hydroxylation is 1. The third-order valence-corrected chi connectivity index (χ3v) is 3.53. The number of nitrogens with zero attached hydrogens (tertiary/aromatic N) is 3. The molecule has 0 bridgehead atoms. The first kappa shape index (κ1) is 14.5. The molecular weight excluding hydrogens is 300 g/mol. The second kappa shape index (κ2) is 6.15. The number of amides is 1. The first-order valence-corrected chi connectivity index (χ1v) is 7.45. The summed E-state index contributed by atoms with van der Waals surface area (Å²) < 4.78 is 1.84. The van der Waals surface area contributed by atoms with Gasteiger partial charge in [0, 0.05) is 22.8 Å². The molecule has 0 atom stereocenters. The molecule has 1 amide bonds. The van der Waals surface area contributed by atoms with Crippen LogP contribution in [-0.2, 0) is 6.54 Å². The molecule has 0 saturated carbocycles. The lowest BCUT2D eigenvalue weighted by molar-refractivity contribution is 0.102. The van der Waals surface area contributed by atoms with Gasteiger partial charge >= 0.3 is 0 Å². The van der Waals surface area contributed by atoms with Crippen molar-refractivity contribution in [2.24, 2.45) is 0 Å². The van der Waals surface area contributed by atoms with Crippen LogP contribution in [0.1, 0.15) is 23.7 Å². The molecule has 1 heterocycles. The number of benzene rings is 2. The standard InChI is InChI=1S/C16H15ClN4O/c1-2-8-21-15-7-6-11(9-14(15)19-20-21)16(22)18-13-5-3-4-12(17)10-13/h3-7,9-10H,2,8H2,1H3,(H,18,22). The Bertz CT molecular complexity index is 828. The van der Waals surface area contributed by atoms with Crippen LogP contribution in [0.15, 0.2) is 42.5 Å². The van der Waals surface area contributed by atoms with Crippen LogP contribution in [0.5, 0.6) is 0 Å². The van der Waals surface area contributed by atoms with E-state index in [1.165, 1.54) is 0 Å². The van der Waals surface area contributed by atoms with Crippen LogP contribution in [0, 0.1) is 0 Å². The Balaban J connectivity index is 1.85. The molecular formula is C16H15ClN4O. The maximum Gasteiger partial charge on any atom is 0.255 e. The van der Waals surface area contributed by atoms with Gasteiger partial charge in [0.15, 0.2) is 0 Å². The average Bonchev–Trinajstić information content (AvgIpc) is 2.90. The van der Waals surface area contributed by atoms with Crippen LogP contribution < -0.4 is 5.32 Å². The van der Waals surface area contributed by atoms with Gasteiger partial charge in [0.1, 0.15) is 5.52 Å². The van der Waals surface area contributed by atoms with Gasteiger partial charge in [-0.2, -0.15) is 0 Å². The summed E-state index contributed by atoms with van der Waals surface area (Å²) in [4.78, 5) is 12.3. The van der Waals surface area contributed by atoms with Crippen LogP contribution in [0.25, 0.3) is 11.0 Å². The second-order valence-corrected chi connectivity index (χ2v) is 5.42. The van der Waals surface area contributed by atoms with Crippen molar-refractivity contribution in [3.8, 4) is 0 Å². The number of carbonyl (C=O) groups excluding carboxylic acids is 1. The van der Waals surface area contributed by atoms with Gasteiger partial charge in [-0.1, -0.05) is 29.8 Å². The highest BCUT2D eigenvalue weighted by Gasteiger charge is 2.10. The quantitative estimate of drug-likeness (QED) is 0.798. The summed E-state index contributed by atoms with van der Waals surface area (Å²) in [6, 6.07) is 12.4. The fourth-order valence-corrected chi connectivity index (χ4v) is 2.45. The minimum absolute atomic E-state index is 0.200. The Morgan fingerprint density at radius 2 is 2.14 bits per heavy atom. The molecule has 0 aliphatic heterocycles. The van der Waals surface area contributed by atoms with Gasteiger partial charge in [0.25, 0.3) is 5.91 Å². The summed E-state index contributed by atoms with van der Waals surface area (Å²) in [5, 5.41) is 11.6. The summed E-state index contributed by atoms with van der Waals surface area (Å²) in [7, 11) is 0. The van der Waals surface area contributed by atoms with Gasteiger partial charge in [0.2, 0.25) is 0 Å². The summed E-state index contributed by atoms with van der Waals surface area (Å²) >= 11 is 5.91. The van der Waals surface area contributed by atoms with Gasteiger partial charge in [-0.25, -0.2) is 4.68 Å². The molecule has 0 unspecified atom stereocenters. The van der Waals surface area contributed by atoms with Crippen LogP contribution >= 0.6 is 11.6 Å². The van der Waals surface area contributed by atoms with Crippen molar-refractivity contribution < 1.29 is 4.79 Å². The lowest BCUT2D eigenvalue weighted by Gasteiger charge is -2.06. The van der Waals surface area contributed by atoms with E-state index in [0.717, 1.165) is 18.5 Å². The fraction of sp³-hybridized carbons (Fsp3) is 0.188. The lowest BCUT2D eigenvalue weighted by Crippen LogP contribution is -2.11. The molecule has 3 rings (SSSR count). The van der Waals surface area contributed by atoms with E-state index in [9.17, 15) is 4.79 Å². The molecule has 3 aromatic rings. The molecule has 0 aliphatic rings. The van der Waals surface area contributed by atoms with Gasteiger partial charge in [-0.3, -0.25) is 4.79 Å². The highest BCUT2D eigenvalue weighted by Crippen LogP contribution is 2.18. The van der Waals surface area contributed by atoms with Crippen molar-refractivity contribution >= 4 is 34.2 Å². The largest absolute Gasteiger partial charge is 0.322 e. The molecule has 5 nitrogen and oxygen atoms in total. The molecule has 2 aromatic carbocycles. The maximum atomic E-state index is 12.3. The average molecular weight is 315 g/mol. The molecule has 0 fully saturated rings. The van der Waals surface area contributed by atoms with Crippen molar-refractivity contribution in [1.29, 1.82) is 0 Å². The van der Waals surface area contributed by atoms with Crippen LogP contribution in [-0.4, -0.2) is 20.9 Å². The van der Waals surface area contributed by atoms with Crippen LogP contribution in [0.4, 0.5) is 5.69 Å². The van der Waals surface area contributed by atoms with Gasteiger partial charge in [0.05, 0.1) is 5.52 Å². The molecule has 112 valence electrons. The number of hydrogen-bond acceptors (Lipinski definition) is 3. The number of nitrogens with one attached hydrogen (secondary N) is 1. The van der Waals surface area contributed by atoms with Gasteiger partial charge in [-0.15, -0.1) is 5.10 Å². The molecule has 0 spiro atoms. The van der Waals surface area contributed by atoms with E-state index < -0.39 is 0 Å². The normalized spacial score (nSPS) is 10.8. The third-order valence-electron chi connectivity index (χ3n) is 3.29. The van der Waals surface area contributed by atoms with Crippen LogP contribution in [0.2, 0.25) is 5.02 Å². The number of rotatable bonds is 4. The topological polar surface area (TPSA) is 59.8 Å². The zero-order valence-corrected chi connectivity index (χ0v) is 12.8. The molecule has 0 radical (unpaired) electrons. The highest BCUT2D eigenvalue weighted by atomic mass is 35.5. The van der Waals surface area contributed by atoms with Gasteiger partial charge in [-0.05, 0) is 42.8 Å². The minimum Gasteiger partial charge on any atom is -0.322 e. The van der Waals surface area contributed by atoms with Gasteiger partial charge < -0.3 is 5.32 Å². The Hall–Kier alpha value is -2.40. The third kappa shape index (κ3) is 2.94. The van der Waals surface area contributed by atoms with E-state index in [1.54, 1.807) is 36.4 Å². The second-order valence-electron chi connectivity index (χ2n) is 4.98. The SMILES string of the molecule is CCCn1nnc2cc(C(=O)Nc3cccc(Cl)c3)ccc21. The predicted octanol–water partition coefficient (Wildman–Crippen LogP) is 3.75. The number of anilines is 1. The fourth-order valence-electron chi connectivity index (χ4n) is 2.26. The summed E-state index contributed by atoms with van der Waals surface area (Å²) in [6.45, 7) is 2.89. The van der Waals surface area contributed by atoms with Crippen molar-refractivity contribution in [1.82, 2.24) is 15.0 Å². The molecule has 1 aromatic heterocycles. The number of aromatic nitrogens is 3. The number of fused-ring (bicyclic) bond motifs is 1. The zero-order chi connectivity index (χ0) is 15.5. The maximum absolute atomic E-state index is 12.3. The van der Waals surface area contributed by atoms with Crippen molar-refractivity contribution in [3.05, 3.63) is 53.1 Å². The van der Waals surface area contributed by atoms with E-state index in [1.807, 2.05) is 10.7 Å². The molecule has 1 N–H and O–H groups in total. The molecule has 6 heteroatoms. The number of halogens is 1. The van der Waals surface area contributed by atoms with E-state index >= 15 is 0 Å². The van der Waals surface area contributed by atoms with E-state index in [0.29, 0.717) is 21.8 Å². The molecule has 0 saturated heterocycles. The molecule has 22 heavy (non-hydrogen) atoms. The van der Waals surface area contributed by atoms with Crippen molar-refractivity contribution in [3.63, 3.8) is 0 Å². The van der Waals surface area contributed by atoms with E-state index in [2.05, 4.69) is 22.6 Å². The first-order valence-electron chi connectivity index (χ1n) is 7.07. The smallest absolute Gasteiger partial charge is 0.255 e. The zero-order valence-electron chi connectivity index (χ0n) is 12.1.